The number of ether oxygens (including phenoxy) is 1. The molecule has 1 aromatic rings. The molecule has 0 spiro atoms. The Morgan fingerprint density at radius 1 is 1.68 bits per heavy atom. The van der Waals surface area contributed by atoms with Crippen molar-refractivity contribution in [1.82, 2.24) is 4.98 Å². The zero-order chi connectivity index (χ0) is 13.8. The van der Waals surface area contributed by atoms with Gasteiger partial charge in [0.15, 0.2) is 6.10 Å². The molecule has 19 heavy (non-hydrogen) atoms. The molecule has 2 unspecified atom stereocenters. The van der Waals surface area contributed by atoms with Crippen LogP contribution in [0.2, 0.25) is 0 Å². The van der Waals surface area contributed by atoms with Gasteiger partial charge in [-0.3, -0.25) is 0 Å². The van der Waals surface area contributed by atoms with E-state index in [1.54, 1.807) is 12.3 Å². The second-order valence-corrected chi connectivity index (χ2v) is 4.51. The van der Waals surface area contributed by atoms with Gasteiger partial charge >= 0.3 is 5.97 Å². The van der Waals surface area contributed by atoms with E-state index >= 15 is 0 Å². The van der Waals surface area contributed by atoms with E-state index in [0.29, 0.717) is 30.8 Å². The van der Waals surface area contributed by atoms with E-state index in [2.05, 4.69) is 16.4 Å². The maximum absolute atomic E-state index is 10.8. The fourth-order valence-electron chi connectivity index (χ4n) is 2.08. The second kappa shape index (κ2) is 5.67. The van der Waals surface area contributed by atoms with Crippen molar-refractivity contribution in [2.45, 2.75) is 32.0 Å². The highest BCUT2D eigenvalue weighted by atomic mass is 16.5. The first-order valence-electron chi connectivity index (χ1n) is 6.09. The molecule has 1 fully saturated rings. The van der Waals surface area contributed by atoms with E-state index in [4.69, 9.17) is 15.1 Å². The molecular weight excluding hydrogens is 246 g/mol. The van der Waals surface area contributed by atoms with Gasteiger partial charge in [0, 0.05) is 12.7 Å². The number of carbonyl (C=O) groups is 1. The Labute approximate surface area is 111 Å². The molecule has 2 atom stereocenters. The number of pyridine rings is 1. The van der Waals surface area contributed by atoms with Crippen LogP contribution in [0, 0.1) is 18.3 Å². The average Bonchev–Trinajstić information content (AvgIpc) is 2.85. The Morgan fingerprint density at radius 3 is 3.11 bits per heavy atom. The third-order valence-electron chi connectivity index (χ3n) is 3.15. The Bertz CT molecular complexity index is 524. The molecule has 1 aromatic heterocycles. The van der Waals surface area contributed by atoms with Crippen LogP contribution in [0.1, 0.15) is 24.0 Å². The minimum atomic E-state index is -0.922. The van der Waals surface area contributed by atoms with Crippen LogP contribution in [0.3, 0.4) is 0 Å². The number of anilines is 1. The van der Waals surface area contributed by atoms with Crippen molar-refractivity contribution in [3.63, 3.8) is 0 Å². The normalized spacial score (nSPS) is 21.9. The average molecular weight is 261 g/mol. The number of nitriles is 1. The van der Waals surface area contributed by atoms with E-state index in [0.717, 1.165) is 5.56 Å². The van der Waals surface area contributed by atoms with Crippen molar-refractivity contribution < 1.29 is 14.6 Å². The quantitative estimate of drug-likeness (QED) is 0.848. The summed E-state index contributed by atoms with van der Waals surface area (Å²) in [6, 6.07) is 3.88. The van der Waals surface area contributed by atoms with Crippen LogP contribution in [0.5, 0.6) is 0 Å². The minimum Gasteiger partial charge on any atom is -0.479 e. The first kappa shape index (κ1) is 13.3. The molecule has 1 aliphatic rings. The van der Waals surface area contributed by atoms with E-state index < -0.39 is 12.1 Å². The molecule has 0 aliphatic carbocycles. The molecule has 100 valence electrons. The van der Waals surface area contributed by atoms with Crippen molar-refractivity contribution in [3.05, 3.63) is 23.4 Å². The summed E-state index contributed by atoms with van der Waals surface area (Å²) in [7, 11) is 0. The lowest BCUT2D eigenvalue weighted by Crippen LogP contribution is -2.25. The van der Waals surface area contributed by atoms with Gasteiger partial charge in [0.05, 0.1) is 11.7 Å². The van der Waals surface area contributed by atoms with Crippen LogP contribution >= 0.6 is 0 Å². The Hall–Kier alpha value is -2.13. The molecule has 2 heterocycles. The third kappa shape index (κ3) is 3.01. The highest BCUT2D eigenvalue weighted by molar-refractivity contribution is 5.72. The van der Waals surface area contributed by atoms with E-state index in [1.807, 2.05) is 6.92 Å². The van der Waals surface area contributed by atoms with Crippen LogP contribution in [0.25, 0.3) is 0 Å². The van der Waals surface area contributed by atoms with Crippen molar-refractivity contribution >= 4 is 11.8 Å². The fraction of sp³-hybridized carbons (Fsp3) is 0.462. The molecule has 2 rings (SSSR count). The molecular formula is C13H15N3O3. The maximum atomic E-state index is 10.8. The summed E-state index contributed by atoms with van der Waals surface area (Å²) >= 11 is 0. The van der Waals surface area contributed by atoms with Crippen molar-refractivity contribution in [3.8, 4) is 6.07 Å². The molecule has 0 amide bonds. The molecule has 6 heteroatoms. The van der Waals surface area contributed by atoms with Crippen LogP contribution in [0.4, 0.5) is 5.82 Å². The molecule has 1 saturated heterocycles. The van der Waals surface area contributed by atoms with Gasteiger partial charge in [-0.15, -0.1) is 0 Å². The lowest BCUT2D eigenvalue weighted by Gasteiger charge is -2.13. The summed E-state index contributed by atoms with van der Waals surface area (Å²) < 4.78 is 5.38. The Kier molecular flexibility index (Phi) is 3.97. The van der Waals surface area contributed by atoms with Crippen LogP contribution < -0.4 is 5.32 Å². The SMILES string of the molecule is Cc1ccnc(NCC2CCC(C(=O)O)O2)c1C#N. The van der Waals surface area contributed by atoms with Gasteiger partial charge in [-0.25, -0.2) is 9.78 Å². The number of aliphatic carboxylic acids is 1. The topological polar surface area (TPSA) is 95.2 Å². The first-order valence-corrected chi connectivity index (χ1v) is 6.09. The zero-order valence-electron chi connectivity index (χ0n) is 10.6. The largest absolute Gasteiger partial charge is 0.479 e. The van der Waals surface area contributed by atoms with Crippen LogP contribution in [0.15, 0.2) is 12.3 Å². The van der Waals surface area contributed by atoms with E-state index in [9.17, 15) is 4.79 Å². The summed E-state index contributed by atoms with van der Waals surface area (Å²) in [5.41, 5.74) is 1.37. The molecule has 1 aliphatic heterocycles. The second-order valence-electron chi connectivity index (χ2n) is 4.51. The Morgan fingerprint density at radius 2 is 2.47 bits per heavy atom. The van der Waals surface area contributed by atoms with Crippen molar-refractivity contribution in [2.24, 2.45) is 0 Å². The molecule has 0 bridgehead atoms. The summed E-state index contributed by atoms with van der Waals surface area (Å²) in [6.07, 6.45) is 1.97. The summed E-state index contributed by atoms with van der Waals surface area (Å²) in [4.78, 5) is 14.9. The number of aromatic nitrogens is 1. The summed E-state index contributed by atoms with van der Waals surface area (Å²) in [5.74, 6) is -0.404. The smallest absolute Gasteiger partial charge is 0.332 e. The first-order chi connectivity index (χ1) is 9.11. The minimum absolute atomic E-state index is 0.157. The molecule has 0 aromatic carbocycles. The summed E-state index contributed by atoms with van der Waals surface area (Å²) in [5, 5.41) is 21.0. The van der Waals surface area contributed by atoms with Gasteiger partial charge in [0.25, 0.3) is 0 Å². The summed E-state index contributed by atoms with van der Waals surface area (Å²) in [6.45, 7) is 2.30. The van der Waals surface area contributed by atoms with Crippen molar-refractivity contribution in [2.75, 3.05) is 11.9 Å². The zero-order valence-corrected chi connectivity index (χ0v) is 10.6. The molecule has 0 radical (unpaired) electrons. The highest BCUT2D eigenvalue weighted by Crippen LogP contribution is 2.21. The predicted molar refractivity (Wildman–Crippen MR) is 67.7 cm³/mol. The van der Waals surface area contributed by atoms with Crippen LogP contribution in [-0.2, 0) is 9.53 Å². The molecule has 2 N–H and O–H groups in total. The number of nitrogens with one attached hydrogen (secondary N) is 1. The lowest BCUT2D eigenvalue weighted by atomic mass is 10.1. The number of nitrogens with zero attached hydrogens (tertiary/aromatic N) is 2. The monoisotopic (exact) mass is 261 g/mol. The number of hydrogen-bond donors (Lipinski definition) is 2. The number of aryl methyl sites for hydroxylation is 1. The van der Waals surface area contributed by atoms with Gasteiger partial charge in [-0.1, -0.05) is 0 Å². The number of carboxylic acid groups (broad SMARTS) is 1. The lowest BCUT2D eigenvalue weighted by molar-refractivity contribution is -0.149. The van der Waals surface area contributed by atoms with Gasteiger partial charge in [0.2, 0.25) is 0 Å². The van der Waals surface area contributed by atoms with Gasteiger partial charge < -0.3 is 15.2 Å². The molecule has 0 saturated carbocycles. The van der Waals surface area contributed by atoms with Gasteiger partial charge in [-0.05, 0) is 31.4 Å². The van der Waals surface area contributed by atoms with Crippen LogP contribution in [-0.4, -0.2) is 34.8 Å². The van der Waals surface area contributed by atoms with E-state index in [-0.39, 0.29) is 6.10 Å². The number of hydrogen-bond acceptors (Lipinski definition) is 5. The standard InChI is InChI=1S/C13H15N3O3/c1-8-4-5-15-12(10(8)6-14)16-7-9-2-3-11(19-9)13(17)18/h4-5,9,11H,2-3,7H2,1H3,(H,15,16)(H,17,18). The highest BCUT2D eigenvalue weighted by Gasteiger charge is 2.30. The molecule has 6 nitrogen and oxygen atoms in total. The predicted octanol–water partition coefficient (Wildman–Crippen LogP) is 1.31. The number of carboxylic acids is 1. The fourth-order valence-corrected chi connectivity index (χ4v) is 2.08. The maximum Gasteiger partial charge on any atom is 0.332 e. The van der Waals surface area contributed by atoms with Gasteiger partial charge in [-0.2, -0.15) is 5.26 Å². The van der Waals surface area contributed by atoms with E-state index in [1.165, 1.54) is 0 Å². The van der Waals surface area contributed by atoms with Gasteiger partial charge in [0.1, 0.15) is 11.9 Å². The third-order valence-corrected chi connectivity index (χ3v) is 3.15. The van der Waals surface area contributed by atoms with Crippen molar-refractivity contribution in [1.29, 1.82) is 5.26 Å². The number of rotatable bonds is 4. The Balaban J connectivity index is 1.96.